The van der Waals surface area contributed by atoms with Crippen molar-refractivity contribution in [3.63, 3.8) is 0 Å². The van der Waals surface area contributed by atoms with E-state index in [1.807, 2.05) is 11.5 Å². The van der Waals surface area contributed by atoms with E-state index in [9.17, 15) is 81.0 Å². The molecule has 4 heterocycles. The minimum atomic E-state index is -5.39. The van der Waals surface area contributed by atoms with Gasteiger partial charge in [-0.2, -0.15) is 4.58 Å². The van der Waals surface area contributed by atoms with Crippen LogP contribution in [0.1, 0.15) is 126 Å². The van der Waals surface area contributed by atoms with Crippen molar-refractivity contribution in [2.45, 2.75) is 156 Å². The molecule has 3 N–H and O–H groups in total. The first-order chi connectivity index (χ1) is 41.8. The van der Waals surface area contributed by atoms with Crippen LogP contribution in [0, 0.1) is 20.8 Å². The molecule has 1 unspecified atom stereocenters. The molecule has 0 radical (unpaired) electrons. The van der Waals surface area contributed by atoms with Crippen LogP contribution in [-0.4, -0.2) is 134 Å². The fourth-order valence-electron chi connectivity index (χ4n) is 12.7. The predicted octanol–water partition coefficient (Wildman–Crippen LogP) is -3.17. The second-order valence-electron chi connectivity index (χ2n) is 24.0. The molecule has 482 valence electrons. The Morgan fingerprint density at radius 2 is 1.22 bits per heavy atom. The third-order valence-electron chi connectivity index (χ3n) is 17.4. The Morgan fingerprint density at radius 1 is 0.667 bits per heavy atom. The van der Waals surface area contributed by atoms with Gasteiger partial charge < -0.3 is 48.4 Å². The Hall–Kier alpha value is -2.73. The minimum Gasteiger partial charge on any atom is -0.744 e. The van der Waals surface area contributed by atoms with Crippen molar-refractivity contribution in [1.82, 2.24) is 15.7 Å². The maximum Gasteiger partial charge on any atom is 1.00 e. The standard InChI is InChI=1S/C61H69N5O20S4.3K/c1-34-35(2)57-39(36(3)56(34)71)24-25-61(8,85-57)58(72)63-27-26-62-50(67)16-9-11-28-64-44-20-18-40-42(30-37(87(73,74)75)32-46(40)89(79,80)81)54(44)59(4,5)48(64)14-13-15-49-60(6,7)55-43-31-38(88(76,77)78)33-47(90(82,83)84)41(43)19-21-45(55)65(49)29-12-10-17-53(70)86-66-51(68)22-23-52(66)69;;;/h13-15,18-21,30-33H,9-12,16-17,22-29H2,1-8H3,(H6-,62,63,67,71,72,73,74,75,76,77,78,79,80,81,82,83,84);;;/q;3*+1/p-3. The van der Waals surface area contributed by atoms with E-state index < -0.39 is 94.3 Å². The number of carbonyl (C=O) groups is 5. The van der Waals surface area contributed by atoms with Crippen LogP contribution in [-0.2, 0) is 86.5 Å². The Bertz CT molecular complexity index is 4520. The van der Waals surface area contributed by atoms with E-state index in [1.165, 1.54) is 18.2 Å². The molecule has 0 bridgehead atoms. The summed E-state index contributed by atoms with van der Waals surface area (Å²) in [6.07, 6.45) is 6.51. The van der Waals surface area contributed by atoms with Crippen LogP contribution in [0.3, 0.4) is 0 Å². The Kier molecular flexibility index (Phi) is 25.6. The van der Waals surface area contributed by atoms with Gasteiger partial charge in [0.15, 0.2) is 11.3 Å². The molecule has 5 aromatic rings. The van der Waals surface area contributed by atoms with E-state index in [-0.39, 0.29) is 258 Å². The molecule has 32 heteroatoms. The predicted molar refractivity (Wildman–Crippen MR) is 321 cm³/mol. The SMILES string of the molecule is Cc1c(C)c2c(c(C)c1O)CCC(C)(C(=O)NCCNC(=O)CCCC[N+]1=C(/C=C/C=C3/N(CCCCC(=O)ON4C(=O)CCC4=O)c4ccc5c(S(=O)(=O)[O-])cc(S(=O)(=O)[O-])cc5c4C3(C)C)C(C)(C)c3c1ccc1c(S(=O)(=O)[O-])cc(S(=O)(=O)[O-])cc31)O2.[K+].[K+].[K+]. The van der Waals surface area contributed by atoms with E-state index in [0.717, 1.165) is 23.3 Å². The summed E-state index contributed by atoms with van der Waals surface area (Å²) in [4.78, 5) is 66.9. The van der Waals surface area contributed by atoms with Gasteiger partial charge in [-0.05, 0) is 148 Å². The van der Waals surface area contributed by atoms with Crippen molar-refractivity contribution in [3.05, 3.63) is 106 Å². The number of benzene rings is 5. The molecule has 5 aromatic carbocycles. The molecule has 0 saturated carbocycles. The summed E-state index contributed by atoms with van der Waals surface area (Å²) >= 11 is 0. The van der Waals surface area contributed by atoms with Crippen molar-refractivity contribution in [3.8, 4) is 11.5 Å². The van der Waals surface area contributed by atoms with Crippen molar-refractivity contribution in [1.29, 1.82) is 0 Å². The smallest absolute Gasteiger partial charge is 0.744 e. The number of allylic oxidation sites excluding steroid dienone is 4. The van der Waals surface area contributed by atoms with Gasteiger partial charge in [0.25, 0.3) is 17.7 Å². The third kappa shape index (κ3) is 16.3. The van der Waals surface area contributed by atoms with E-state index in [2.05, 4.69) is 10.6 Å². The van der Waals surface area contributed by atoms with Gasteiger partial charge in [-0.1, -0.05) is 26.0 Å². The van der Waals surface area contributed by atoms with Gasteiger partial charge in [0.2, 0.25) is 11.6 Å². The van der Waals surface area contributed by atoms with Crippen LogP contribution in [0.2, 0.25) is 0 Å². The summed E-state index contributed by atoms with van der Waals surface area (Å²) in [5.41, 5.74) is 1.78. The fraction of sp³-hybridized carbons (Fsp3) is 0.410. The van der Waals surface area contributed by atoms with Crippen LogP contribution < -0.4 is 174 Å². The van der Waals surface area contributed by atoms with E-state index in [4.69, 9.17) is 9.57 Å². The zero-order chi connectivity index (χ0) is 66.2. The zero-order valence-corrected chi connectivity index (χ0v) is 66.1. The summed E-state index contributed by atoms with van der Waals surface area (Å²) < 4.78 is 160. The van der Waals surface area contributed by atoms with Crippen LogP contribution in [0.25, 0.3) is 21.5 Å². The average molecular weight is 1430 g/mol. The van der Waals surface area contributed by atoms with Crippen LogP contribution >= 0.6 is 0 Å². The second kappa shape index (κ2) is 30.0. The quantitative estimate of drug-likeness (QED) is 0.0214. The summed E-state index contributed by atoms with van der Waals surface area (Å²) in [5.74, 6) is -2.13. The van der Waals surface area contributed by atoms with Crippen molar-refractivity contribution >= 4 is 109 Å². The number of fused-ring (bicyclic) bond motifs is 7. The van der Waals surface area contributed by atoms with Gasteiger partial charge in [0.05, 0.1) is 25.0 Å². The van der Waals surface area contributed by atoms with Crippen LogP contribution in [0.15, 0.2) is 92.0 Å². The number of aromatic hydroxyl groups is 1. The molecule has 4 aliphatic rings. The van der Waals surface area contributed by atoms with Gasteiger partial charge >= 0.3 is 160 Å². The molecule has 0 aromatic heterocycles. The van der Waals surface area contributed by atoms with E-state index >= 15 is 0 Å². The number of phenols is 1. The molecule has 0 aliphatic carbocycles. The molecule has 93 heavy (non-hydrogen) atoms. The molecule has 1 fully saturated rings. The van der Waals surface area contributed by atoms with Crippen molar-refractivity contribution < 1.29 is 249 Å². The number of nitrogens with zero attached hydrogens (tertiary/aromatic N) is 3. The van der Waals surface area contributed by atoms with Crippen molar-refractivity contribution in [2.24, 2.45) is 0 Å². The second-order valence-corrected chi connectivity index (χ2v) is 29.5. The molecule has 25 nitrogen and oxygen atoms in total. The monoisotopic (exact) mass is 1430 g/mol. The summed E-state index contributed by atoms with van der Waals surface area (Å²) in [6.45, 7) is 14.5. The largest absolute Gasteiger partial charge is 1.00 e. The van der Waals surface area contributed by atoms with Gasteiger partial charge in [0.1, 0.15) is 58.5 Å². The number of amides is 4. The van der Waals surface area contributed by atoms with Crippen molar-refractivity contribution in [2.75, 3.05) is 31.1 Å². The number of carbonyl (C=O) groups excluding carboxylic acids is 5. The van der Waals surface area contributed by atoms with E-state index in [0.29, 0.717) is 93.7 Å². The first-order valence-electron chi connectivity index (χ1n) is 28.8. The zero-order valence-electron chi connectivity index (χ0n) is 53.4. The van der Waals surface area contributed by atoms with Gasteiger partial charge in [-0.3, -0.25) is 19.2 Å². The van der Waals surface area contributed by atoms with Gasteiger partial charge in [0, 0.05) is 104 Å². The Balaban J connectivity index is 0.00000457. The molecule has 4 amide bonds. The average Bonchev–Trinajstić information content (AvgIpc) is 1.62. The number of hydrogen-bond donors (Lipinski definition) is 3. The molecule has 9 rings (SSSR count). The summed E-state index contributed by atoms with van der Waals surface area (Å²) in [6, 6.07) is 8.77. The molecular formula is C61H66K3N5O20S4. The molecule has 1 saturated heterocycles. The number of rotatable bonds is 21. The number of ether oxygens (including phenoxy) is 1. The molecule has 1 atom stereocenters. The number of phenolic OH excluding ortho intramolecular Hbond substituents is 1. The Morgan fingerprint density at radius 3 is 1.78 bits per heavy atom. The van der Waals surface area contributed by atoms with Gasteiger partial charge in [-0.15, -0.1) is 5.06 Å². The number of anilines is 1. The number of hydroxylamine groups is 2. The number of unbranched alkanes of at least 4 members (excludes halogenated alkanes) is 2. The van der Waals surface area contributed by atoms with Crippen LogP contribution in [0.4, 0.5) is 11.4 Å². The first kappa shape index (κ1) is 79.3. The first-order valence-corrected chi connectivity index (χ1v) is 34.4. The fourth-order valence-corrected chi connectivity index (χ4v) is 15.3. The topological polar surface area (TPSA) is 386 Å². The molecule has 0 spiro atoms. The Labute approximate surface area is 667 Å². The summed E-state index contributed by atoms with van der Waals surface area (Å²) in [7, 11) is -21.5. The number of hydrogen-bond acceptors (Lipinski definition) is 21. The van der Waals surface area contributed by atoms with Crippen LogP contribution in [0.5, 0.6) is 11.5 Å². The van der Waals surface area contributed by atoms with Gasteiger partial charge in [-0.25, -0.2) is 38.5 Å². The maximum atomic E-state index is 13.5. The molecular weight excluding hydrogens is 1370 g/mol. The normalized spacial score (nSPS) is 18.0. The third-order valence-corrected chi connectivity index (χ3v) is 20.8. The summed E-state index contributed by atoms with van der Waals surface area (Å²) in [5, 5.41) is 16.3. The number of nitrogens with one attached hydrogen (secondary N) is 2. The number of imide groups is 1. The minimum absolute atomic E-state index is 0. The van der Waals surface area contributed by atoms with E-state index in [1.54, 1.807) is 77.7 Å². The maximum absolute atomic E-state index is 13.5. The molecule has 4 aliphatic heterocycles.